The molecule has 216 valence electrons. The molecule has 0 radical (unpaired) electrons. The highest BCUT2D eigenvalue weighted by molar-refractivity contribution is 7.14. The van der Waals surface area contributed by atoms with E-state index in [-0.39, 0.29) is 5.43 Å². The Labute approximate surface area is 254 Å². The summed E-state index contributed by atoms with van der Waals surface area (Å²) in [6.07, 6.45) is 15.8. The number of fused-ring (bicyclic) bond motifs is 2. The predicted molar refractivity (Wildman–Crippen MR) is 182 cm³/mol. The number of pyridine rings is 1. The van der Waals surface area contributed by atoms with Gasteiger partial charge in [0.2, 0.25) is 0 Å². The molecule has 0 N–H and O–H groups in total. The molecule has 5 rings (SSSR count). The van der Waals surface area contributed by atoms with Crippen LogP contribution in [0, 0.1) is 0 Å². The average molecular weight is 584 g/mol. The van der Waals surface area contributed by atoms with E-state index < -0.39 is 0 Å². The van der Waals surface area contributed by atoms with Gasteiger partial charge in [-0.2, -0.15) is 0 Å². The standard InChI is InChI=1S/C37H45NOS2/c1-3-5-7-9-10-11-12-13-20-29-34(32-22-17-25-40-32)35(33-23-18-26-41-33)36-30(37(29)39)27-28-19-14-15-21-31(28)38(36)24-16-8-6-4-2/h14-15,17-19,21-23,25-27H,3-13,16,20,24H2,1-2H3. The van der Waals surface area contributed by atoms with Gasteiger partial charge >= 0.3 is 0 Å². The van der Waals surface area contributed by atoms with E-state index >= 15 is 0 Å². The van der Waals surface area contributed by atoms with Gasteiger partial charge in [0.05, 0.1) is 5.69 Å². The third-order valence-electron chi connectivity index (χ3n) is 8.41. The van der Waals surface area contributed by atoms with Crippen molar-refractivity contribution in [2.45, 2.75) is 104 Å². The number of thiophene rings is 2. The highest BCUT2D eigenvalue weighted by Gasteiger charge is 2.28. The van der Waals surface area contributed by atoms with Gasteiger partial charge in [-0.1, -0.05) is 108 Å². The summed E-state index contributed by atoms with van der Waals surface area (Å²) in [7, 11) is 0. The fourth-order valence-electron chi connectivity index (χ4n) is 6.29. The summed E-state index contributed by atoms with van der Waals surface area (Å²) in [5.41, 5.74) is 6.92. The number of nitrogens with zero attached hydrogens (tertiary/aromatic N) is 1. The second kappa shape index (κ2) is 15.0. The maximum absolute atomic E-state index is 14.6. The Morgan fingerprint density at radius 2 is 1.27 bits per heavy atom. The molecular formula is C37H45NOS2. The molecule has 0 spiro atoms. The molecule has 0 unspecified atom stereocenters. The van der Waals surface area contributed by atoms with Gasteiger partial charge in [0.15, 0.2) is 5.43 Å². The maximum atomic E-state index is 14.6. The van der Waals surface area contributed by atoms with Crippen molar-refractivity contribution >= 4 is 33.6 Å². The summed E-state index contributed by atoms with van der Waals surface area (Å²) in [4.78, 5) is 17.0. The summed E-state index contributed by atoms with van der Waals surface area (Å²) in [6.45, 7) is 5.47. The molecule has 1 aliphatic carbocycles. The van der Waals surface area contributed by atoms with Crippen LogP contribution in [0.3, 0.4) is 0 Å². The van der Waals surface area contributed by atoms with Gasteiger partial charge in [-0.15, -0.1) is 22.7 Å². The van der Waals surface area contributed by atoms with E-state index in [0.29, 0.717) is 0 Å². The molecule has 0 amide bonds. The van der Waals surface area contributed by atoms with Crippen LogP contribution in [0.5, 0.6) is 0 Å². The highest BCUT2D eigenvalue weighted by atomic mass is 32.1. The Balaban J connectivity index is 1.66. The van der Waals surface area contributed by atoms with Crippen LogP contribution in [0.4, 0.5) is 0 Å². The van der Waals surface area contributed by atoms with E-state index in [1.807, 2.05) is 0 Å². The van der Waals surface area contributed by atoms with Crippen molar-refractivity contribution in [2.75, 3.05) is 0 Å². The van der Waals surface area contributed by atoms with E-state index in [4.69, 9.17) is 0 Å². The first-order chi connectivity index (χ1) is 20.2. The van der Waals surface area contributed by atoms with Crippen LogP contribution in [0.25, 0.3) is 43.0 Å². The normalized spacial score (nSPS) is 11.7. The number of aromatic nitrogens is 1. The Bertz CT molecular complexity index is 1530. The Morgan fingerprint density at radius 1 is 0.659 bits per heavy atom. The van der Waals surface area contributed by atoms with E-state index in [0.717, 1.165) is 48.0 Å². The van der Waals surface area contributed by atoms with Crippen LogP contribution in [0.2, 0.25) is 0 Å². The fourth-order valence-corrected chi connectivity index (χ4v) is 7.87. The summed E-state index contributed by atoms with van der Waals surface area (Å²) in [5, 5.41) is 5.49. The lowest BCUT2D eigenvalue weighted by atomic mass is 9.87. The summed E-state index contributed by atoms with van der Waals surface area (Å²) < 4.78 is 2.48. The second-order valence-corrected chi connectivity index (χ2v) is 13.3. The predicted octanol–water partition coefficient (Wildman–Crippen LogP) is 11.8. The largest absolute Gasteiger partial charge is 0.340 e. The summed E-state index contributed by atoms with van der Waals surface area (Å²) in [5.74, 6) is 0. The summed E-state index contributed by atoms with van der Waals surface area (Å²) >= 11 is 3.56. The van der Waals surface area contributed by atoms with Crippen LogP contribution in [-0.2, 0) is 13.0 Å². The number of unbranched alkanes of at least 4 members (excludes halogenated alkanes) is 10. The molecule has 3 heterocycles. The zero-order chi connectivity index (χ0) is 28.4. The highest BCUT2D eigenvalue weighted by Crippen LogP contribution is 2.46. The molecule has 4 heteroatoms. The van der Waals surface area contributed by atoms with Gasteiger partial charge in [0.25, 0.3) is 0 Å². The van der Waals surface area contributed by atoms with E-state index in [9.17, 15) is 4.79 Å². The molecule has 0 saturated heterocycles. The van der Waals surface area contributed by atoms with Gasteiger partial charge < -0.3 is 4.57 Å². The Morgan fingerprint density at radius 3 is 1.93 bits per heavy atom. The quantitative estimate of drug-likeness (QED) is 0.0836. The molecular weight excluding hydrogens is 539 g/mol. The van der Waals surface area contributed by atoms with Crippen molar-refractivity contribution in [2.24, 2.45) is 0 Å². The van der Waals surface area contributed by atoms with E-state index in [2.05, 4.69) is 83.8 Å². The molecule has 1 aromatic carbocycles. The molecule has 41 heavy (non-hydrogen) atoms. The number of aryl methyl sites for hydroxylation is 1. The first-order valence-corrected chi connectivity index (χ1v) is 17.7. The lowest BCUT2D eigenvalue weighted by Crippen LogP contribution is -2.20. The molecule has 1 aliphatic heterocycles. The Hall–Kier alpha value is -2.69. The minimum Gasteiger partial charge on any atom is -0.340 e. The van der Waals surface area contributed by atoms with Crippen LogP contribution < -0.4 is 5.43 Å². The van der Waals surface area contributed by atoms with Crippen molar-refractivity contribution in [1.29, 1.82) is 0 Å². The van der Waals surface area contributed by atoms with Gasteiger partial charge in [-0.3, -0.25) is 4.79 Å². The van der Waals surface area contributed by atoms with E-state index in [1.54, 1.807) is 22.7 Å². The van der Waals surface area contributed by atoms with Crippen molar-refractivity contribution in [3.8, 4) is 32.1 Å². The third-order valence-corrected chi connectivity index (χ3v) is 10.2. The first kappa shape index (κ1) is 29.8. The number of hydrogen-bond donors (Lipinski definition) is 0. The van der Waals surface area contributed by atoms with Gasteiger partial charge in [-0.05, 0) is 59.7 Å². The average Bonchev–Trinajstić information content (AvgIpc) is 3.72. The fraction of sp³-hybridized carbons (Fsp3) is 0.432. The number of hydrogen-bond acceptors (Lipinski definition) is 3. The van der Waals surface area contributed by atoms with Crippen LogP contribution >= 0.6 is 22.7 Å². The van der Waals surface area contributed by atoms with Crippen LogP contribution in [0.1, 0.15) is 96.5 Å². The zero-order valence-corrected chi connectivity index (χ0v) is 26.6. The lowest BCUT2D eigenvalue weighted by molar-refractivity contribution is 0.575. The maximum Gasteiger partial charge on any atom is 0.191 e. The molecule has 3 aromatic rings. The van der Waals surface area contributed by atoms with Crippen molar-refractivity contribution < 1.29 is 0 Å². The zero-order valence-electron chi connectivity index (χ0n) is 24.9. The van der Waals surface area contributed by atoms with Crippen LogP contribution in [0.15, 0.2) is 70.2 Å². The molecule has 2 aliphatic rings. The molecule has 2 aromatic heterocycles. The molecule has 0 saturated carbocycles. The number of rotatable bonds is 16. The first-order valence-electron chi connectivity index (χ1n) is 15.9. The van der Waals surface area contributed by atoms with Gasteiger partial charge in [0.1, 0.15) is 0 Å². The topological polar surface area (TPSA) is 22.0 Å². The SMILES string of the molecule is CCCCCCCCCCc1c(-c2cccs2)c(-c2cccs2)c2n(CCCCCC)c3ccccc3cc-2c1=O. The molecule has 0 bridgehead atoms. The monoisotopic (exact) mass is 583 g/mol. The second-order valence-electron chi connectivity index (χ2n) is 11.4. The van der Waals surface area contributed by atoms with Crippen molar-refractivity contribution in [3.63, 3.8) is 0 Å². The summed E-state index contributed by atoms with van der Waals surface area (Å²) in [6, 6.07) is 19.6. The van der Waals surface area contributed by atoms with Crippen molar-refractivity contribution in [1.82, 2.24) is 4.57 Å². The number of para-hydroxylation sites is 1. The number of benzene rings is 2. The van der Waals surface area contributed by atoms with Gasteiger partial charge in [-0.25, -0.2) is 0 Å². The third kappa shape index (κ3) is 6.87. The van der Waals surface area contributed by atoms with Crippen molar-refractivity contribution in [3.05, 3.63) is 81.1 Å². The molecule has 0 atom stereocenters. The minimum atomic E-state index is 0.236. The van der Waals surface area contributed by atoms with Crippen LogP contribution in [-0.4, -0.2) is 4.57 Å². The lowest BCUT2D eigenvalue weighted by Gasteiger charge is -2.25. The molecule has 2 nitrogen and oxygen atoms in total. The Kier molecular flexibility index (Phi) is 10.9. The van der Waals surface area contributed by atoms with E-state index in [1.165, 1.54) is 90.6 Å². The van der Waals surface area contributed by atoms with Gasteiger partial charge in [0, 0.05) is 44.1 Å². The smallest absolute Gasteiger partial charge is 0.191 e. The minimum absolute atomic E-state index is 0.236. The molecule has 0 fully saturated rings.